The molecule has 0 saturated carbocycles. The minimum absolute atomic E-state index is 0.0578. The zero-order valence-electron chi connectivity index (χ0n) is 13.6. The lowest BCUT2D eigenvalue weighted by Crippen LogP contribution is -2.52. The zero-order chi connectivity index (χ0) is 17.4. The van der Waals surface area contributed by atoms with E-state index in [0.717, 1.165) is 24.6 Å². The third kappa shape index (κ3) is 2.73. The lowest BCUT2D eigenvalue weighted by atomic mass is 10.2. The summed E-state index contributed by atoms with van der Waals surface area (Å²) >= 11 is 0. The Morgan fingerprint density at radius 1 is 1.32 bits per heavy atom. The number of piperazine rings is 1. The third-order valence-corrected chi connectivity index (χ3v) is 4.37. The zero-order valence-corrected chi connectivity index (χ0v) is 13.6. The number of hydrogen-bond acceptors (Lipinski definition) is 7. The molecule has 1 aliphatic rings. The molecule has 3 aromatic rings. The van der Waals surface area contributed by atoms with Crippen molar-refractivity contribution < 1.29 is 9.90 Å². The van der Waals surface area contributed by atoms with Gasteiger partial charge in [0.1, 0.15) is 12.1 Å². The molecule has 4 rings (SSSR count). The van der Waals surface area contributed by atoms with Crippen LogP contribution in [0.4, 0.5) is 11.6 Å². The molecule has 1 saturated heterocycles. The highest BCUT2D eigenvalue weighted by Crippen LogP contribution is 2.24. The fourth-order valence-corrected chi connectivity index (χ4v) is 3.15. The summed E-state index contributed by atoms with van der Waals surface area (Å²) in [4.78, 5) is 24.1. The van der Waals surface area contributed by atoms with E-state index in [-0.39, 0.29) is 11.7 Å². The van der Waals surface area contributed by atoms with Crippen molar-refractivity contribution >= 4 is 23.3 Å². The van der Waals surface area contributed by atoms with Gasteiger partial charge in [-0.15, -0.1) is 10.2 Å². The van der Waals surface area contributed by atoms with Gasteiger partial charge in [0.15, 0.2) is 11.5 Å². The molecule has 1 N–H and O–H groups in total. The summed E-state index contributed by atoms with van der Waals surface area (Å²) < 4.78 is 1.85. The molecule has 1 unspecified atom stereocenters. The molecule has 0 aliphatic carbocycles. The smallest absolute Gasteiger partial charge is 0.354 e. The van der Waals surface area contributed by atoms with Gasteiger partial charge in [0.2, 0.25) is 5.65 Å². The van der Waals surface area contributed by atoms with E-state index in [1.165, 1.54) is 6.07 Å². The number of anilines is 2. The molecule has 0 radical (unpaired) electrons. The van der Waals surface area contributed by atoms with Crippen LogP contribution in [0.3, 0.4) is 0 Å². The monoisotopic (exact) mass is 339 g/mol. The van der Waals surface area contributed by atoms with Crippen LogP contribution in [0, 0.1) is 0 Å². The molecule has 0 spiro atoms. The van der Waals surface area contributed by atoms with E-state index in [9.17, 15) is 4.79 Å². The van der Waals surface area contributed by atoms with Crippen LogP contribution in [0.15, 0.2) is 36.9 Å². The lowest BCUT2D eigenvalue weighted by molar-refractivity contribution is 0.0690. The normalized spacial score (nSPS) is 17.9. The molecule has 128 valence electrons. The van der Waals surface area contributed by atoms with Crippen LogP contribution in [-0.4, -0.2) is 61.3 Å². The Kier molecular flexibility index (Phi) is 3.68. The van der Waals surface area contributed by atoms with Gasteiger partial charge >= 0.3 is 5.97 Å². The first-order valence-electron chi connectivity index (χ1n) is 8.00. The average molecular weight is 339 g/mol. The molecule has 25 heavy (non-hydrogen) atoms. The molecule has 4 heterocycles. The van der Waals surface area contributed by atoms with Gasteiger partial charge in [0, 0.05) is 38.1 Å². The summed E-state index contributed by atoms with van der Waals surface area (Å²) in [5, 5.41) is 17.2. The van der Waals surface area contributed by atoms with E-state index in [0.29, 0.717) is 12.4 Å². The summed E-state index contributed by atoms with van der Waals surface area (Å²) in [6.07, 6.45) is 5.21. The first-order valence-corrected chi connectivity index (χ1v) is 8.00. The number of carboxylic acids is 1. The van der Waals surface area contributed by atoms with Crippen LogP contribution in [0.25, 0.3) is 5.65 Å². The highest BCUT2D eigenvalue weighted by atomic mass is 16.4. The largest absolute Gasteiger partial charge is 0.477 e. The Morgan fingerprint density at radius 3 is 3.00 bits per heavy atom. The molecule has 3 aromatic heterocycles. The number of carbonyl (C=O) groups is 1. The van der Waals surface area contributed by atoms with Gasteiger partial charge < -0.3 is 14.9 Å². The van der Waals surface area contributed by atoms with Gasteiger partial charge in [-0.05, 0) is 19.1 Å². The predicted molar refractivity (Wildman–Crippen MR) is 91.0 cm³/mol. The van der Waals surface area contributed by atoms with Crippen molar-refractivity contribution in [3.8, 4) is 0 Å². The molecule has 0 aromatic carbocycles. The van der Waals surface area contributed by atoms with Crippen molar-refractivity contribution in [1.82, 2.24) is 24.6 Å². The number of pyridine rings is 1. The second kappa shape index (κ2) is 6.00. The molecule has 9 nitrogen and oxygen atoms in total. The summed E-state index contributed by atoms with van der Waals surface area (Å²) in [5.74, 6) is 0.468. The van der Waals surface area contributed by atoms with Gasteiger partial charge in [-0.1, -0.05) is 6.07 Å². The molecule has 0 bridgehead atoms. The van der Waals surface area contributed by atoms with Crippen molar-refractivity contribution in [2.45, 2.75) is 13.0 Å². The van der Waals surface area contributed by atoms with Crippen LogP contribution in [0.5, 0.6) is 0 Å². The van der Waals surface area contributed by atoms with E-state index in [1.54, 1.807) is 18.6 Å². The van der Waals surface area contributed by atoms with Crippen LogP contribution < -0.4 is 9.80 Å². The Morgan fingerprint density at radius 2 is 2.20 bits per heavy atom. The van der Waals surface area contributed by atoms with Gasteiger partial charge in [0.25, 0.3) is 0 Å². The van der Waals surface area contributed by atoms with E-state index >= 15 is 0 Å². The van der Waals surface area contributed by atoms with Crippen LogP contribution >= 0.6 is 0 Å². The van der Waals surface area contributed by atoms with Gasteiger partial charge in [-0.25, -0.2) is 14.8 Å². The molecule has 1 aliphatic heterocycles. The second-order valence-corrected chi connectivity index (χ2v) is 5.99. The molecule has 9 heteroatoms. The van der Waals surface area contributed by atoms with Gasteiger partial charge in [-0.3, -0.25) is 4.40 Å². The van der Waals surface area contributed by atoms with Crippen molar-refractivity contribution in [2.24, 2.45) is 0 Å². The van der Waals surface area contributed by atoms with Gasteiger partial charge in [0.05, 0.1) is 0 Å². The van der Waals surface area contributed by atoms with E-state index < -0.39 is 5.97 Å². The summed E-state index contributed by atoms with van der Waals surface area (Å²) in [5.41, 5.74) is 0.788. The lowest BCUT2D eigenvalue weighted by Gasteiger charge is -2.41. The average Bonchev–Trinajstić information content (AvgIpc) is 3.10. The van der Waals surface area contributed by atoms with Crippen LogP contribution in [0.1, 0.15) is 17.4 Å². The third-order valence-electron chi connectivity index (χ3n) is 4.37. The summed E-state index contributed by atoms with van der Waals surface area (Å²) in [7, 11) is 0. The van der Waals surface area contributed by atoms with E-state index in [2.05, 4.69) is 36.9 Å². The summed E-state index contributed by atoms with van der Waals surface area (Å²) in [6, 6.07) is 5.23. The van der Waals surface area contributed by atoms with Crippen molar-refractivity contribution in [1.29, 1.82) is 0 Å². The van der Waals surface area contributed by atoms with Crippen molar-refractivity contribution in [2.75, 3.05) is 29.4 Å². The SMILES string of the molecule is CC1CN(c2cccc(C(=O)O)n2)CCN1c1nccn2cnnc12. The molecule has 1 fully saturated rings. The number of rotatable bonds is 3. The fourth-order valence-electron chi connectivity index (χ4n) is 3.15. The Bertz CT molecular complexity index is 925. The summed E-state index contributed by atoms with van der Waals surface area (Å²) in [6.45, 7) is 4.28. The Balaban J connectivity index is 1.57. The standard InChI is InChI=1S/C16H17N7O2/c1-11-9-21(13-4-2-3-12(19-13)16(24)25)7-8-23(11)14-15-20-18-10-22(15)6-5-17-14/h2-6,10-11H,7-9H2,1H3,(H,24,25). The highest BCUT2D eigenvalue weighted by molar-refractivity contribution is 5.85. The minimum Gasteiger partial charge on any atom is -0.477 e. The quantitative estimate of drug-likeness (QED) is 0.752. The van der Waals surface area contributed by atoms with E-state index in [1.807, 2.05) is 16.7 Å². The number of hydrogen-bond donors (Lipinski definition) is 1. The van der Waals surface area contributed by atoms with E-state index in [4.69, 9.17) is 5.11 Å². The van der Waals surface area contributed by atoms with Gasteiger partial charge in [-0.2, -0.15) is 0 Å². The molecule has 0 amide bonds. The predicted octanol–water partition coefficient (Wildman–Crippen LogP) is 0.933. The maximum absolute atomic E-state index is 11.1. The molecular formula is C16H17N7O2. The van der Waals surface area contributed by atoms with Crippen LogP contribution in [-0.2, 0) is 0 Å². The number of fused-ring (bicyclic) bond motifs is 1. The van der Waals surface area contributed by atoms with Crippen LogP contribution in [0.2, 0.25) is 0 Å². The Hall–Kier alpha value is -3.23. The number of aromatic nitrogens is 5. The minimum atomic E-state index is -1.02. The maximum atomic E-state index is 11.1. The van der Waals surface area contributed by atoms with Crippen molar-refractivity contribution in [3.63, 3.8) is 0 Å². The maximum Gasteiger partial charge on any atom is 0.354 e. The Labute approximate surface area is 143 Å². The number of aromatic carboxylic acids is 1. The second-order valence-electron chi connectivity index (χ2n) is 5.99. The highest BCUT2D eigenvalue weighted by Gasteiger charge is 2.27. The fraction of sp³-hybridized carbons (Fsp3) is 0.312. The topological polar surface area (TPSA) is 99.8 Å². The molecular weight excluding hydrogens is 322 g/mol. The first-order chi connectivity index (χ1) is 12.1. The van der Waals surface area contributed by atoms with Crippen molar-refractivity contribution in [3.05, 3.63) is 42.6 Å². The number of nitrogens with zero attached hydrogens (tertiary/aromatic N) is 7. The first kappa shape index (κ1) is 15.3. The molecule has 1 atom stereocenters. The number of carboxylic acid groups (broad SMARTS) is 1.